The first-order valence-corrected chi connectivity index (χ1v) is 6.18. The summed E-state index contributed by atoms with van der Waals surface area (Å²) >= 11 is 0. The molecule has 1 aromatic rings. The summed E-state index contributed by atoms with van der Waals surface area (Å²) in [7, 11) is 0. The smallest absolute Gasteiger partial charge is 0.206 e. The molecule has 3 nitrogen and oxygen atoms in total. The maximum absolute atomic E-state index is 11.9. The van der Waals surface area contributed by atoms with Crippen molar-refractivity contribution >= 4 is 11.3 Å². The Bertz CT molecular complexity index is 607. The standard InChI is InChI=1S/C16H13N2O/c19-18(14-9-4-5-10-14)17-16-12-6-11-15(16)13-7-2-1-3-8-13/h1-12,16H/q-1. The highest BCUT2D eigenvalue weighted by molar-refractivity contribution is 6.03. The van der Waals surface area contributed by atoms with Crippen LogP contribution in [-0.4, -0.2) is 16.6 Å². The summed E-state index contributed by atoms with van der Waals surface area (Å²) in [5.74, 6) is 0. The van der Waals surface area contributed by atoms with E-state index in [0.29, 0.717) is 10.6 Å². The Labute approximate surface area is 112 Å². The van der Waals surface area contributed by atoms with Gasteiger partial charge in [-0.1, -0.05) is 60.7 Å². The Morgan fingerprint density at radius 1 is 1.00 bits per heavy atom. The van der Waals surface area contributed by atoms with Crippen LogP contribution in [0.2, 0.25) is 0 Å². The molecule has 1 atom stereocenters. The van der Waals surface area contributed by atoms with E-state index >= 15 is 0 Å². The summed E-state index contributed by atoms with van der Waals surface area (Å²) in [5, 5.41) is 11.9. The summed E-state index contributed by atoms with van der Waals surface area (Å²) in [6, 6.07) is 9.78. The van der Waals surface area contributed by atoms with Gasteiger partial charge in [0.15, 0.2) is 0 Å². The zero-order valence-corrected chi connectivity index (χ0v) is 10.3. The van der Waals surface area contributed by atoms with Crippen molar-refractivity contribution in [2.75, 3.05) is 0 Å². The Hall–Kier alpha value is -2.55. The molecule has 3 rings (SSSR count). The Morgan fingerprint density at radius 3 is 2.47 bits per heavy atom. The molecular formula is C16H13N2O-. The van der Waals surface area contributed by atoms with Gasteiger partial charge in [0.25, 0.3) is 0 Å². The molecule has 0 saturated carbocycles. The van der Waals surface area contributed by atoms with Crippen molar-refractivity contribution in [3.8, 4) is 0 Å². The topological polar surface area (TPSA) is 40.2 Å². The zero-order valence-electron chi connectivity index (χ0n) is 10.3. The third-order valence-electron chi connectivity index (χ3n) is 3.09. The molecule has 0 amide bonds. The fourth-order valence-corrected chi connectivity index (χ4v) is 2.14. The van der Waals surface area contributed by atoms with E-state index in [-0.39, 0.29) is 6.04 Å². The predicted octanol–water partition coefficient (Wildman–Crippen LogP) is 3.37. The van der Waals surface area contributed by atoms with Gasteiger partial charge in [-0.3, -0.25) is 0 Å². The van der Waals surface area contributed by atoms with Crippen LogP contribution in [0.1, 0.15) is 5.56 Å². The van der Waals surface area contributed by atoms with Gasteiger partial charge in [0.1, 0.15) is 0 Å². The van der Waals surface area contributed by atoms with Gasteiger partial charge in [0.05, 0.1) is 0 Å². The molecule has 0 heterocycles. The van der Waals surface area contributed by atoms with E-state index in [1.165, 1.54) is 0 Å². The number of benzene rings is 1. The molecule has 1 unspecified atom stereocenters. The minimum atomic E-state index is -0.213. The van der Waals surface area contributed by atoms with Crippen molar-refractivity contribution in [3.63, 3.8) is 0 Å². The summed E-state index contributed by atoms with van der Waals surface area (Å²) < 4.78 is 0. The molecule has 2 aliphatic carbocycles. The van der Waals surface area contributed by atoms with Crippen molar-refractivity contribution < 1.29 is 4.85 Å². The molecule has 0 N–H and O–H groups in total. The lowest BCUT2D eigenvalue weighted by Crippen LogP contribution is -2.14. The Morgan fingerprint density at radius 2 is 1.74 bits per heavy atom. The average Bonchev–Trinajstić information content (AvgIpc) is 3.11. The Balaban J connectivity index is 1.81. The molecule has 0 bridgehead atoms. The van der Waals surface area contributed by atoms with Gasteiger partial charge >= 0.3 is 0 Å². The van der Waals surface area contributed by atoms with E-state index in [1.54, 1.807) is 12.2 Å². The summed E-state index contributed by atoms with van der Waals surface area (Å²) in [6.07, 6.45) is 13.0. The molecule has 0 radical (unpaired) electrons. The summed E-state index contributed by atoms with van der Waals surface area (Å²) in [5.41, 5.74) is 6.91. The first-order valence-electron chi connectivity index (χ1n) is 6.18. The monoisotopic (exact) mass is 249 g/mol. The van der Waals surface area contributed by atoms with Gasteiger partial charge in [-0.25, -0.2) is 4.85 Å². The van der Waals surface area contributed by atoms with Crippen LogP contribution in [0.4, 0.5) is 0 Å². The third kappa shape index (κ3) is 2.36. The number of allylic oxidation sites excluding steroid dienone is 6. The van der Waals surface area contributed by atoms with Crippen molar-refractivity contribution in [2.24, 2.45) is 0 Å². The first kappa shape index (κ1) is 11.5. The molecule has 0 aliphatic heterocycles. The van der Waals surface area contributed by atoms with Gasteiger partial charge in [-0.2, -0.15) is 0 Å². The average molecular weight is 249 g/mol. The molecule has 0 fully saturated rings. The van der Waals surface area contributed by atoms with Crippen molar-refractivity contribution in [1.82, 2.24) is 0 Å². The number of hydrogen-bond donors (Lipinski definition) is 0. The lowest BCUT2D eigenvalue weighted by Gasteiger charge is -2.28. The zero-order chi connectivity index (χ0) is 13.1. The van der Waals surface area contributed by atoms with Gasteiger partial charge in [0, 0.05) is 12.2 Å². The minimum Gasteiger partial charge on any atom is -0.627 e. The molecule has 1 aromatic carbocycles. The van der Waals surface area contributed by atoms with E-state index in [2.05, 4.69) is 5.43 Å². The summed E-state index contributed by atoms with van der Waals surface area (Å²) in [6.45, 7) is 0. The van der Waals surface area contributed by atoms with Crippen LogP contribution in [0.25, 0.3) is 11.0 Å². The van der Waals surface area contributed by atoms with E-state index in [0.717, 1.165) is 11.1 Å². The van der Waals surface area contributed by atoms with Crippen molar-refractivity contribution in [1.29, 1.82) is 0 Å². The van der Waals surface area contributed by atoms with Crippen molar-refractivity contribution in [2.45, 2.75) is 6.04 Å². The second kappa shape index (κ2) is 4.98. The fraction of sp³-hybridized carbons (Fsp3) is 0.0625. The van der Waals surface area contributed by atoms with Crippen LogP contribution in [0.3, 0.4) is 0 Å². The van der Waals surface area contributed by atoms with Crippen LogP contribution in [-0.2, 0) is 0 Å². The van der Waals surface area contributed by atoms with Gasteiger partial charge in [-0.05, 0) is 17.2 Å². The maximum Gasteiger partial charge on any atom is 0.206 e. The highest BCUT2D eigenvalue weighted by atomic mass is 16.5. The Kier molecular flexibility index (Phi) is 3.02. The number of rotatable bonds is 3. The SMILES string of the molecule is [O-][N+]([N-]C1C=CC=C1c1ccccc1)=C1C=CC=C1. The molecule has 0 aromatic heterocycles. The second-order valence-corrected chi connectivity index (χ2v) is 4.35. The normalized spacial score (nSPS) is 19.9. The fourth-order valence-electron chi connectivity index (χ4n) is 2.14. The third-order valence-corrected chi connectivity index (χ3v) is 3.09. The molecule has 0 saturated heterocycles. The molecule has 2 aliphatic rings. The molecule has 19 heavy (non-hydrogen) atoms. The highest BCUT2D eigenvalue weighted by Gasteiger charge is 2.12. The van der Waals surface area contributed by atoms with Crippen LogP contribution >= 0.6 is 0 Å². The van der Waals surface area contributed by atoms with E-state index in [4.69, 9.17) is 0 Å². The van der Waals surface area contributed by atoms with Gasteiger partial charge in [0.2, 0.25) is 5.71 Å². The molecule has 3 heteroatoms. The van der Waals surface area contributed by atoms with E-state index < -0.39 is 0 Å². The lowest BCUT2D eigenvalue weighted by atomic mass is 10.0. The lowest BCUT2D eigenvalue weighted by molar-refractivity contribution is -0.402. The summed E-state index contributed by atoms with van der Waals surface area (Å²) in [4.78, 5) is 0.692. The largest absolute Gasteiger partial charge is 0.627 e. The minimum absolute atomic E-state index is 0.213. The number of hydrogen-bond acceptors (Lipinski definition) is 1. The highest BCUT2D eigenvalue weighted by Crippen LogP contribution is 2.28. The predicted molar refractivity (Wildman–Crippen MR) is 77.6 cm³/mol. The van der Waals surface area contributed by atoms with E-state index in [1.807, 2.05) is 60.7 Å². The quantitative estimate of drug-likeness (QED) is 0.460. The van der Waals surface area contributed by atoms with E-state index in [9.17, 15) is 5.21 Å². The molecule has 0 spiro atoms. The maximum atomic E-state index is 11.9. The number of nitrogens with zero attached hydrogens (tertiary/aromatic N) is 2. The van der Waals surface area contributed by atoms with Gasteiger partial charge < -0.3 is 10.6 Å². The van der Waals surface area contributed by atoms with Crippen LogP contribution in [0.5, 0.6) is 0 Å². The molecular weight excluding hydrogens is 236 g/mol. The van der Waals surface area contributed by atoms with Crippen LogP contribution in [0.15, 0.2) is 72.9 Å². The van der Waals surface area contributed by atoms with Crippen LogP contribution in [0, 0.1) is 5.21 Å². The van der Waals surface area contributed by atoms with Crippen LogP contribution < -0.4 is 0 Å². The first-order chi connectivity index (χ1) is 9.34. The second-order valence-electron chi connectivity index (χ2n) is 4.35. The van der Waals surface area contributed by atoms with Gasteiger partial charge in [-0.15, -0.1) is 0 Å². The van der Waals surface area contributed by atoms with Crippen molar-refractivity contribution in [3.05, 3.63) is 89.1 Å². The molecule has 94 valence electrons.